The fourth-order valence-corrected chi connectivity index (χ4v) is 2.72. The molecular formula is C9H20N2O3S. The minimum atomic E-state index is -3.10. The molecule has 1 unspecified atom stereocenters. The van der Waals surface area contributed by atoms with Gasteiger partial charge in [0.15, 0.2) is 0 Å². The van der Waals surface area contributed by atoms with Crippen LogP contribution in [0, 0.1) is 5.92 Å². The van der Waals surface area contributed by atoms with Crippen LogP contribution < -0.4 is 10.5 Å². The third kappa shape index (κ3) is 5.46. The zero-order valence-electron chi connectivity index (χ0n) is 8.94. The van der Waals surface area contributed by atoms with Crippen LogP contribution in [0.3, 0.4) is 0 Å². The van der Waals surface area contributed by atoms with Crippen molar-refractivity contribution in [3.8, 4) is 0 Å². The molecule has 0 amide bonds. The van der Waals surface area contributed by atoms with E-state index in [0.29, 0.717) is 32.0 Å². The number of unbranched alkanes of at least 4 members (excludes halogenated alkanes) is 1. The second-order valence-corrected chi connectivity index (χ2v) is 5.82. The highest BCUT2D eigenvalue weighted by molar-refractivity contribution is 7.89. The Hall–Kier alpha value is -0.170. The first-order valence-corrected chi connectivity index (χ1v) is 7.04. The number of hydrogen-bond acceptors (Lipinski definition) is 4. The summed E-state index contributed by atoms with van der Waals surface area (Å²) in [6.45, 7) is 2.47. The van der Waals surface area contributed by atoms with Gasteiger partial charge in [-0.3, -0.25) is 0 Å². The molecule has 1 saturated heterocycles. The van der Waals surface area contributed by atoms with Crippen molar-refractivity contribution in [1.29, 1.82) is 0 Å². The Morgan fingerprint density at radius 1 is 1.40 bits per heavy atom. The third-order valence-electron chi connectivity index (χ3n) is 2.48. The predicted octanol–water partition coefficient (Wildman–Crippen LogP) is -0.319. The van der Waals surface area contributed by atoms with E-state index in [9.17, 15) is 8.42 Å². The predicted molar refractivity (Wildman–Crippen MR) is 59.0 cm³/mol. The van der Waals surface area contributed by atoms with E-state index >= 15 is 0 Å². The summed E-state index contributed by atoms with van der Waals surface area (Å²) in [6, 6.07) is 0. The Morgan fingerprint density at radius 2 is 2.20 bits per heavy atom. The average molecular weight is 236 g/mol. The largest absolute Gasteiger partial charge is 0.381 e. The topological polar surface area (TPSA) is 81.4 Å². The summed E-state index contributed by atoms with van der Waals surface area (Å²) in [5.74, 6) is 0.520. The van der Waals surface area contributed by atoms with Gasteiger partial charge in [-0.25, -0.2) is 13.1 Å². The lowest BCUT2D eigenvalue weighted by Crippen LogP contribution is -2.31. The number of ether oxygens (including phenoxy) is 1. The first-order valence-electron chi connectivity index (χ1n) is 5.39. The van der Waals surface area contributed by atoms with Gasteiger partial charge in [0.05, 0.1) is 12.4 Å². The van der Waals surface area contributed by atoms with E-state index in [1.54, 1.807) is 0 Å². The van der Waals surface area contributed by atoms with Crippen molar-refractivity contribution >= 4 is 10.0 Å². The molecule has 0 aliphatic carbocycles. The monoisotopic (exact) mass is 236 g/mol. The molecule has 1 atom stereocenters. The minimum absolute atomic E-state index is 0.178. The first kappa shape index (κ1) is 12.9. The van der Waals surface area contributed by atoms with Crippen LogP contribution >= 0.6 is 0 Å². The second kappa shape index (κ2) is 6.42. The Labute approximate surface area is 91.4 Å². The van der Waals surface area contributed by atoms with Crippen LogP contribution in [0.15, 0.2) is 0 Å². The van der Waals surface area contributed by atoms with Crippen molar-refractivity contribution in [1.82, 2.24) is 4.72 Å². The van der Waals surface area contributed by atoms with Gasteiger partial charge in [0.25, 0.3) is 0 Å². The molecule has 1 heterocycles. The molecule has 0 spiro atoms. The number of nitrogens with one attached hydrogen (secondary N) is 1. The van der Waals surface area contributed by atoms with E-state index < -0.39 is 10.0 Å². The Bertz CT molecular complexity index is 261. The lowest BCUT2D eigenvalue weighted by atomic mass is 10.1. The molecule has 15 heavy (non-hydrogen) atoms. The van der Waals surface area contributed by atoms with E-state index in [1.165, 1.54) is 0 Å². The van der Waals surface area contributed by atoms with Crippen LogP contribution in [-0.4, -0.2) is 40.5 Å². The van der Waals surface area contributed by atoms with E-state index in [-0.39, 0.29) is 5.75 Å². The van der Waals surface area contributed by atoms with Gasteiger partial charge in [-0.05, 0) is 31.7 Å². The van der Waals surface area contributed by atoms with Gasteiger partial charge in [0.2, 0.25) is 10.0 Å². The van der Waals surface area contributed by atoms with E-state index in [4.69, 9.17) is 10.5 Å². The molecule has 0 bridgehead atoms. The van der Waals surface area contributed by atoms with E-state index in [1.807, 2.05) is 0 Å². The molecule has 3 N–H and O–H groups in total. The van der Waals surface area contributed by atoms with Gasteiger partial charge in [0, 0.05) is 13.2 Å². The van der Waals surface area contributed by atoms with Crippen LogP contribution in [-0.2, 0) is 14.8 Å². The average Bonchev–Trinajstić information content (AvgIpc) is 2.68. The minimum Gasteiger partial charge on any atom is -0.381 e. The van der Waals surface area contributed by atoms with Crippen molar-refractivity contribution in [2.45, 2.75) is 19.3 Å². The summed E-state index contributed by atoms with van der Waals surface area (Å²) in [7, 11) is -3.10. The Balaban J connectivity index is 2.17. The molecule has 90 valence electrons. The maximum absolute atomic E-state index is 11.5. The molecule has 0 aromatic heterocycles. The lowest BCUT2D eigenvalue weighted by molar-refractivity contribution is 0.186. The molecule has 5 nitrogen and oxygen atoms in total. The highest BCUT2D eigenvalue weighted by Crippen LogP contribution is 2.11. The van der Waals surface area contributed by atoms with Gasteiger partial charge in [-0.1, -0.05) is 0 Å². The van der Waals surface area contributed by atoms with E-state index in [0.717, 1.165) is 19.4 Å². The van der Waals surface area contributed by atoms with Crippen LogP contribution in [0.4, 0.5) is 0 Å². The molecule has 1 aliphatic heterocycles. The number of rotatable bonds is 7. The van der Waals surface area contributed by atoms with Crippen molar-refractivity contribution < 1.29 is 13.2 Å². The molecule has 1 rings (SSSR count). The molecule has 1 aliphatic rings. The molecule has 6 heteroatoms. The number of nitrogens with two attached hydrogens (primary N) is 1. The zero-order valence-corrected chi connectivity index (χ0v) is 9.76. The lowest BCUT2D eigenvalue weighted by Gasteiger charge is -2.09. The van der Waals surface area contributed by atoms with Crippen LogP contribution in [0.25, 0.3) is 0 Å². The Morgan fingerprint density at radius 3 is 2.80 bits per heavy atom. The summed E-state index contributed by atoms with van der Waals surface area (Å²) in [5, 5.41) is 0. The summed E-state index contributed by atoms with van der Waals surface area (Å²) in [4.78, 5) is 0. The summed E-state index contributed by atoms with van der Waals surface area (Å²) in [5.41, 5.74) is 5.30. The van der Waals surface area contributed by atoms with Crippen molar-refractivity contribution in [3.63, 3.8) is 0 Å². The van der Waals surface area contributed by atoms with Gasteiger partial charge < -0.3 is 10.5 Å². The quantitative estimate of drug-likeness (QED) is 0.594. The highest BCUT2D eigenvalue weighted by Gasteiger charge is 2.18. The summed E-state index contributed by atoms with van der Waals surface area (Å²) >= 11 is 0. The molecule has 0 aromatic rings. The SMILES string of the molecule is NCCCCS(=O)(=O)NCC1CCOC1. The fraction of sp³-hybridized carbons (Fsp3) is 1.00. The van der Waals surface area contributed by atoms with Gasteiger partial charge in [-0.15, -0.1) is 0 Å². The smallest absolute Gasteiger partial charge is 0.211 e. The fourth-order valence-electron chi connectivity index (χ4n) is 1.50. The maximum atomic E-state index is 11.5. The van der Waals surface area contributed by atoms with Crippen LogP contribution in [0.1, 0.15) is 19.3 Å². The van der Waals surface area contributed by atoms with Crippen molar-refractivity contribution in [3.05, 3.63) is 0 Å². The van der Waals surface area contributed by atoms with Crippen LogP contribution in [0.5, 0.6) is 0 Å². The molecule has 0 radical (unpaired) electrons. The van der Waals surface area contributed by atoms with Crippen molar-refractivity contribution in [2.24, 2.45) is 11.7 Å². The van der Waals surface area contributed by atoms with Gasteiger partial charge in [-0.2, -0.15) is 0 Å². The first-order chi connectivity index (χ1) is 7.14. The number of hydrogen-bond donors (Lipinski definition) is 2. The third-order valence-corrected chi connectivity index (χ3v) is 3.92. The van der Waals surface area contributed by atoms with Crippen LogP contribution in [0.2, 0.25) is 0 Å². The standard InChI is InChI=1S/C9H20N2O3S/c10-4-1-2-6-15(12,13)11-7-9-3-5-14-8-9/h9,11H,1-8,10H2. The van der Waals surface area contributed by atoms with E-state index in [2.05, 4.69) is 4.72 Å². The molecule has 0 saturated carbocycles. The maximum Gasteiger partial charge on any atom is 0.211 e. The van der Waals surface area contributed by atoms with Crippen molar-refractivity contribution in [2.75, 3.05) is 32.1 Å². The van der Waals surface area contributed by atoms with Gasteiger partial charge >= 0.3 is 0 Å². The van der Waals surface area contributed by atoms with Gasteiger partial charge in [0.1, 0.15) is 0 Å². The second-order valence-electron chi connectivity index (χ2n) is 3.89. The summed E-state index contributed by atoms with van der Waals surface area (Å²) < 4.78 is 30.7. The molecule has 1 fully saturated rings. The molecule has 0 aromatic carbocycles. The summed E-state index contributed by atoms with van der Waals surface area (Å²) in [6.07, 6.45) is 2.34. The number of sulfonamides is 1. The normalized spacial score (nSPS) is 22.1. The zero-order chi connectivity index (χ0) is 11.1. The Kier molecular flexibility index (Phi) is 5.52. The molecular weight excluding hydrogens is 216 g/mol. The highest BCUT2D eigenvalue weighted by atomic mass is 32.2.